The van der Waals surface area contributed by atoms with E-state index in [4.69, 9.17) is 23.2 Å². The predicted molar refractivity (Wildman–Crippen MR) is 95.7 cm³/mol. The van der Waals surface area contributed by atoms with Gasteiger partial charge < -0.3 is 10.3 Å². The largest absolute Gasteiger partial charge is 1.00 e. The van der Waals surface area contributed by atoms with Crippen LogP contribution >= 0.6 is 34.7 Å². The molecule has 1 amide bonds. The first kappa shape index (κ1) is 20.2. The van der Waals surface area contributed by atoms with Gasteiger partial charge in [0.2, 0.25) is 0 Å². The molecule has 9 heteroatoms. The number of hydrogen-bond donors (Lipinski definition) is 0. The fraction of sp³-hybridized carbons (Fsp3) is 0.0625. The van der Waals surface area contributed by atoms with Crippen LogP contribution in [0.1, 0.15) is 15.9 Å². The molecule has 0 radical (unpaired) electrons. The van der Waals surface area contributed by atoms with Gasteiger partial charge >= 0.3 is 29.6 Å². The molecular formula is C16H10Cl2N3NaO2S. The summed E-state index contributed by atoms with van der Waals surface area (Å²) in [5, 5.41) is 5.15. The minimum Gasteiger partial charge on any atom is -0.390 e. The molecule has 3 aromatic rings. The molecule has 0 N–H and O–H groups in total. The Morgan fingerprint density at radius 2 is 1.60 bits per heavy atom. The Morgan fingerprint density at radius 3 is 2.20 bits per heavy atom. The van der Waals surface area contributed by atoms with E-state index in [0.717, 1.165) is 17.1 Å². The summed E-state index contributed by atoms with van der Waals surface area (Å²) < 4.78 is 1.43. The first-order valence-corrected chi connectivity index (χ1v) is 8.38. The number of nitrogens with zero attached hydrogens (tertiary/aromatic N) is 3. The summed E-state index contributed by atoms with van der Waals surface area (Å²) in [5.74, 6) is -0.473. The summed E-state index contributed by atoms with van der Waals surface area (Å²) in [6, 6.07) is 13.5. The third kappa shape index (κ3) is 5.41. The van der Waals surface area contributed by atoms with Crippen molar-refractivity contribution in [3.8, 4) is 0 Å². The van der Waals surface area contributed by atoms with E-state index in [1.807, 2.05) is 12.1 Å². The van der Waals surface area contributed by atoms with Crippen molar-refractivity contribution >= 4 is 45.8 Å². The van der Waals surface area contributed by atoms with Crippen LogP contribution in [0.2, 0.25) is 10.0 Å². The number of hydrogen-bond acceptors (Lipinski definition) is 4. The van der Waals surface area contributed by atoms with Crippen molar-refractivity contribution in [3.63, 3.8) is 0 Å². The van der Waals surface area contributed by atoms with Gasteiger partial charge in [0.1, 0.15) is 0 Å². The number of benzene rings is 2. The van der Waals surface area contributed by atoms with Crippen molar-refractivity contribution in [1.29, 1.82) is 0 Å². The Morgan fingerprint density at radius 1 is 1.04 bits per heavy atom. The van der Waals surface area contributed by atoms with Gasteiger partial charge in [-0.1, -0.05) is 46.9 Å². The van der Waals surface area contributed by atoms with E-state index in [9.17, 15) is 9.59 Å². The number of amides is 1. The van der Waals surface area contributed by atoms with Gasteiger partial charge in [0, 0.05) is 20.7 Å². The van der Waals surface area contributed by atoms with Gasteiger partial charge in [0.25, 0.3) is 5.69 Å². The molecule has 0 aliphatic rings. The molecule has 0 aliphatic carbocycles. The molecule has 0 aliphatic heterocycles. The van der Waals surface area contributed by atoms with Gasteiger partial charge in [0.15, 0.2) is 5.91 Å². The van der Waals surface area contributed by atoms with Crippen molar-refractivity contribution in [2.45, 2.75) is 6.54 Å². The van der Waals surface area contributed by atoms with E-state index in [0.29, 0.717) is 22.2 Å². The first-order valence-electron chi connectivity index (χ1n) is 6.85. The van der Waals surface area contributed by atoms with Crippen molar-refractivity contribution in [2.24, 2.45) is 0 Å². The Bertz CT molecular complexity index is 924. The molecule has 25 heavy (non-hydrogen) atoms. The zero-order valence-corrected chi connectivity index (χ0v) is 17.5. The second kappa shape index (κ2) is 8.98. The van der Waals surface area contributed by atoms with E-state index >= 15 is 0 Å². The van der Waals surface area contributed by atoms with Crippen LogP contribution in [0.5, 0.6) is 0 Å². The van der Waals surface area contributed by atoms with Gasteiger partial charge in [-0.3, -0.25) is 13.5 Å². The van der Waals surface area contributed by atoms with Crippen LogP contribution in [-0.2, 0) is 6.54 Å². The molecule has 1 aromatic heterocycles. The minimum absolute atomic E-state index is 0. The summed E-state index contributed by atoms with van der Waals surface area (Å²) in [6.07, 6.45) is 0. The van der Waals surface area contributed by atoms with E-state index in [2.05, 4.69) is 10.3 Å². The molecule has 0 bridgehead atoms. The van der Waals surface area contributed by atoms with E-state index in [1.54, 1.807) is 36.4 Å². The van der Waals surface area contributed by atoms with Gasteiger partial charge in [-0.25, -0.2) is 0 Å². The minimum atomic E-state index is -0.473. The molecule has 5 nitrogen and oxygen atoms in total. The summed E-state index contributed by atoms with van der Waals surface area (Å²) >= 11 is 12.6. The van der Waals surface area contributed by atoms with E-state index in [1.165, 1.54) is 3.96 Å². The Balaban J connectivity index is 0.00000225. The Kier molecular flexibility index (Phi) is 7.25. The topological polar surface area (TPSA) is 66.1 Å². The predicted octanol–water partition coefficient (Wildman–Crippen LogP) is 1.51. The van der Waals surface area contributed by atoms with Crippen molar-refractivity contribution in [2.75, 3.05) is 0 Å². The Hall–Kier alpha value is -1.15. The number of aromatic nitrogens is 2. The molecule has 0 spiro atoms. The average Bonchev–Trinajstić information content (AvgIpc) is 2.89. The van der Waals surface area contributed by atoms with E-state index in [-0.39, 0.29) is 34.7 Å². The molecule has 3 rings (SSSR count). The van der Waals surface area contributed by atoms with Gasteiger partial charge in [-0.2, -0.15) is 0 Å². The van der Waals surface area contributed by atoms with Crippen molar-refractivity contribution in [1.82, 2.24) is 8.94 Å². The van der Waals surface area contributed by atoms with Crippen LogP contribution in [0.15, 0.2) is 53.3 Å². The molecule has 122 valence electrons. The molecule has 2 aromatic carbocycles. The quantitative estimate of drug-likeness (QED) is 0.622. The van der Waals surface area contributed by atoms with Gasteiger partial charge in [-0.05, 0) is 42.0 Å². The van der Waals surface area contributed by atoms with Crippen molar-refractivity contribution in [3.05, 3.63) is 85.5 Å². The second-order valence-corrected chi connectivity index (χ2v) is 6.72. The number of rotatable bonds is 4. The fourth-order valence-electron chi connectivity index (χ4n) is 1.94. The summed E-state index contributed by atoms with van der Waals surface area (Å²) in [4.78, 5) is 27.8. The maximum absolute atomic E-state index is 12.1. The molecule has 0 saturated carbocycles. The number of carbonyl (C=O) groups is 1. The van der Waals surface area contributed by atoms with Crippen LogP contribution in [0, 0.1) is 0 Å². The normalized spacial score (nSPS) is 10.2. The number of halogens is 2. The monoisotopic (exact) mass is 401 g/mol. The SMILES string of the molecule is O=C([N-]c1nc(=O)n(Cc2ccc(Cl)cc2)s1)c1ccc(Cl)cc1.[Na+]. The van der Waals surface area contributed by atoms with Crippen LogP contribution in [0.25, 0.3) is 5.32 Å². The standard InChI is InChI=1S/C16H11Cl2N3O2S.Na/c17-12-5-1-10(2-6-12)9-21-16(23)20-15(24-21)19-14(22)11-3-7-13(18)8-4-11;/h1-8H,9H2,(H,19,20,22,23);/q;+1/p-1. The second-order valence-electron chi connectivity index (χ2n) is 4.86. The van der Waals surface area contributed by atoms with Gasteiger partial charge in [-0.15, -0.1) is 0 Å². The third-order valence-corrected chi connectivity index (χ3v) is 4.48. The molecule has 0 saturated heterocycles. The maximum Gasteiger partial charge on any atom is 1.00 e. The maximum atomic E-state index is 12.1. The summed E-state index contributed by atoms with van der Waals surface area (Å²) in [7, 11) is 0. The molecule has 0 atom stereocenters. The van der Waals surface area contributed by atoms with E-state index < -0.39 is 11.6 Å². The Labute approximate surface area is 180 Å². The average molecular weight is 402 g/mol. The first-order chi connectivity index (χ1) is 11.5. The molecule has 0 fully saturated rings. The summed E-state index contributed by atoms with van der Waals surface area (Å²) in [5.41, 5.74) is 0.838. The zero-order valence-electron chi connectivity index (χ0n) is 13.1. The molecule has 0 unspecified atom stereocenters. The van der Waals surface area contributed by atoms with Crippen LogP contribution < -0.4 is 35.2 Å². The smallest absolute Gasteiger partial charge is 0.390 e. The third-order valence-electron chi connectivity index (χ3n) is 3.12. The summed E-state index contributed by atoms with van der Waals surface area (Å²) in [6.45, 7) is 0.346. The zero-order chi connectivity index (χ0) is 17.1. The molecule has 1 heterocycles. The van der Waals surface area contributed by atoms with Crippen LogP contribution in [0.3, 0.4) is 0 Å². The van der Waals surface area contributed by atoms with Crippen LogP contribution in [0.4, 0.5) is 5.13 Å². The number of carbonyl (C=O) groups excluding carboxylic acids is 1. The van der Waals surface area contributed by atoms with Gasteiger partial charge in [0.05, 0.1) is 6.54 Å². The van der Waals surface area contributed by atoms with Crippen LogP contribution in [-0.4, -0.2) is 14.8 Å². The van der Waals surface area contributed by atoms with Crippen molar-refractivity contribution < 1.29 is 34.4 Å². The fourth-order valence-corrected chi connectivity index (χ4v) is 2.96. The molecular weight excluding hydrogens is 392 g/mol.